The van der Waals surface area contributed by atoms with Crippen LogP contribution in [0.4, 0.5) is 0 Å². The van der Waals surface area contributed by atoms with Crippen LogP contribution in [-0.4, -0.2) is 34.7 Å². The SMILES string of the molecule is Cc1ccc(OC[C@H]2CCCN(Cc3nc(CCc4ccccc4)no3)C2)cc1. The van der Waals surface area contributed by atoms with Crippen LogP contribution in [0.3, 0.4) is 0 Å². The molecule has 1 aliphatic heterocycles. The van der Waals surface area contributed by atoms with Crippen LogP contribution in [0, 0.1) is 12.8 Å². The Morgan fingerprint density at radius 1 is 1.07 bits per heavy atom. The minimum absolute atomic E-state index is 0.533. The van der Waals surface area contributed by atoms with Crippen molar-refractivity contribution >= 4 is 0 Å². The van der Waals surface area contributed by atoms with Crippen LogP contribution in [-0.2, 0) is 19.4 Å². The van der Waals surface area contributed by atoms with Crippen molar-refractivity contribution in [3.8, 4) is 5.75 Å². The molecular weight excluding hydrogens is 362 g/mol. The standard InChI is InChI=1S/C24H29N3O2/c1-19-9-12-22(13-10-19)28-18-21-8-5-15-27(16-21)17-24-25-23(26-29-24)14-11-20-6-3-2-4-7-20/h2-4,6-7,9-10,12-13,21H,5,8,11,14-18H2,1H3/t21-/m0/s1. The lowest BCUT2D eigenvalue weighted by Gasteiger charge is -2.31. The first-order chi connectivity index (χ1) is 14.2. The van der Waals surface area contributed by atoms with Crippen LogP contribution in [0.5, 0.6) is 5.75 Å². The normalized spacial score (nSPS) is 17.3. The molecule has 0 unspecified atom stereocenters. The highest BCUT2D eigenvalue weighted by atomic mass is 16.5. The molecule has 5 nitrogen and oxygen atoms in total. The molecule has 2 aromatic carbocycles. The maximum atomic E-state index is 6.00. The van der Waals surface area contributed by atoms with Crippen molar-refractivity contribution in [3.05, 3.63) is 77.4 Å². The maximum Gasteiger partial charge on any atom is 0.240 e. The van der Waals surface area contributed by atoms with Gasteiger partial charge in [-0.2, -0.15) is 4.98 Å². The number of piperidine rings is 1. The van der Waals surface area contributed by atoms with Gasteiger partial charge < -0.3 is 9.26 Å². The van der Waals surface area contributed by atoms with Crippen molar-refractivity contribution < 1.29 is 9.26 Å². The van der Waals surface area contributed by atoms with Crippen molar-refractivity contribution in [2.24, 2.45) is 5.92 Å². The first-order valence-electron chi connectivity index (χ1n) is 10.5. The van der Waals surface area contributed by atoms with Gasteiger partial charge in [-0.05, 0) is 50.4 Å². The molecule has 1 aromatic heterocycles. The molecular formula is C24H29N3O2. The molecule has 0 N–H and O–H groups in total. The molecule has 0 radical (unpaired) electrons. The molecule has 4 rings (SSSR count). The molecule has 1 atom stereocenters. The largest absolute Gasteiger partial charge is 0.493 e. The number of hydrogen-bond donors (Lipinski definition) is 0. The molecule has 0 spiro atoms. The lowest BCUT2D eigenvalue weighted by atomic mass is 9.99. The average molecular weight is 392 g/mol. The van der Waals surface area contributed by atoms with Crippen molar-refractivity contribution in [1.29, 1.82) is 0 Å². The smallest absolute Gasteiger partial charge is 0.240 e. The Kier molecular flexibility index (Phi) is 6.57. The lowest BCUT2D eigenvalue weighted by Crippen LogP contribution is -2.37. The first kappa shape index (κ1) is 19.6. The zero-order chi connectivity index (χ0) is 19.9. The minimum Gasteiger partial charge on any atom is -0.493 e. The van der Waals surface area contributed by atoms with Gasteiger partial charge in [0.15, 0.2) is 5.82 Å². The predicted molar refractivity (Wildman–Crippen MR) is 113 cm³/mol. The van der Waals surface area contributed by atoms with Crippen LogP contribution in [0.25, 0.3) is 0 Å². The van der Waals surface area contributed by atoms with Crippen LogP contribution in [0.2, 0.25) is 0 Å². The molecule has 1 fully saturated rings. The minimum atomic E-state index is 0.533. The first-order valence-corrected chi connectivity index (χ1v) is 10.5. The number of hydrogen-bond acceptors (Lipinski definition) is 5. The fraction of sp³-hybridized carbons (Fsp3) is 0.417. The van der Waals surface area contributed by atoms with Crippen molar-refractivity contribution in [2.45, 2.75) is 39.2 Å². The monoisotopic (exact) mass is 391 g/mol. The van der Waals surface area contributed by atoms with Crippen LogP contribution in [0.15, 0.2) is 59.1 Å². The topological polar surface area (TPSA) is 51.4 Å². The Labute approximate surface area is 172 Å². The van der Waals surface area contributed by atoms with Gasteiger partial charge in [0.05, 0.1) is 13.2 Å². The second-order valence-electron chi connectivity index (χ2n) is 7.96. The zero-order valence-corrected chi connectivity index (χ0v) is 17.1. The van der Waals surface area contributed by atoms with Crippen molar-refractivity contribution in [3.63, 3.8) is 0 Å². The highest BCUT2D eigenvalue weighted by molar-refractivity contribution is 5.26. The van der Waals surface area contributed by atoms with E-state index in [1.165, 1.54) is 24.0 Å². The number of likely N-dealkylation sites (tertiary alicyclic amines) is 1. The second-order valence-corrected chi connectivity index (χ2v) is 7.96. The number of aromatic nitrogens is 2. The number of ether oxygens (including phenoxy) is 1. The summed E-state index contributed by atoms with van der Waals surface area (Å²) in [4.78, 5) is 7.00. The van der Waals surface area contributed by atoms with E-state index < -0.39 is 0 Å². The Balaban J connectivity index is 1.24. The van der Waals surface area contributed by atoms with E-state index in [1.807, 2.05) is 18.2 Å². The summed E-state index contributed by atoms with van der Waals surface area (Å²) in [7, 11) is 0. The van der Waals surface area contributed by atoms with E-state index in [4.69, 9.17) is 9.26 Å². The van der Waals surface area contributed by atoms with E-state index in [0.29, 0.717) is 11.8 Å². The third-order valence-corrected chi connectivity index (χ3v) is 5.46. The third-order valence-electron chi connectivity index (χ3n) is 5.46. The number of aryl methyl sites for hydroxylation is 3. The van der Waals surface area contributed by atoms with E-state index >= 15 is 0 Å². The van der Waals surface area contributed by atoms with Gasteiger partial charge in [-0.25, -0.2) is 0 Å². The fourth-order valence-electron chi connectivity index (χ4n) is 3.83. The molecule has 152 valence electrons. The van der Waals surface area contributed by atoms with Gasteiger partial charge in [-0.1, -0.05) is 53.2 Å². The molecule has 0 amide bonds. The quantitative estimate of drug-likeness (QED) is 0.568. The van der Waals surface area contributed by atoms with E-state index in [-0.39, 0.29) is 0 Å². The summed E-state index contributed by atoms with van der Waals surface area (Å²) in [5, 5.41) is 4.16. The van der Waals surface area contributed by atoms with Crippen LogP contribution in [0.1, 0.15) is 35.7 Å². The molecule has 29 heavy (non-hydrogen) atoms. The van der Waals surface area contributed by atoms with Gasteiger partial charge in [0, 0.05) is 18.9 Å². The lowest BCUT2D eigenvalue weighted by molar-refractivity contribution is 0.115. The Morgan fingerprint density at radius 3 is 2.72 bits per heavy atom. The molecule has 0 aliphatic carbocycles. The van der Waals surface area contributed by atoms with Crippen molar-refractivity contribution in [2.75, 3.05) is 19.7 Å². The summed E-state index contributed by atoms with van der Waals surface area (Å²) < 4.78 is 11.5. The fourth-order valence-corrected chi connectivity index (χ4v) is 3.83. The Morgan fingerprint density at radius 2 is 1.90 bits per heavy atom. The van der Waals surface area contributed by atoms with Gasteiger partial charge in [0.1, 0.15) is 5.75 Å². The third kappa shape index (κ3) is 5.91. The highest BCUT2D eigenvalue weighted by Crippen LogP contribution is 2.20. The van der Waals surface area contributed by atoms with E-state index in [0.717, 1.165) is 50.7 Å². The summed E-state index contributed by atoms with van der Waals surface area (Å²) in [6.45, 7) is 5.65. The molecule has 0 saturated carbocycles. The summed E-state index contributed by atoms with van der Waals surface area (Å²) in [6.07, 6.45) is 4.12. The molecule has 1 saturated heterocycles. The molecule has 2 heterocycles. The maximum absolute atomic E-state index is 6.00. The second kappa shape index (κ2) is 9.70. The van der Waals surface area contributed by atoms with E-state index in [9.17, 15) is 0 Å². The average Bonchev–Trinajstić information content (AvgIpc) is 3.20. The Bertz CT molecular complexity index is 877. The molecule has 0 bridgehead atoms. The Hall–Kier alpha value is -2.66. The zero-order valence-electron chi connectivity index (χ0n) is 17.1. The highest BCUT2D eigenvalue weighted by Gasteiger charge is 2.22. The summed E-state index contributed by atoms with van der Waals surface area (Å²) in [6, 6.07) is 18.7. The van der Waals surface area contributed by atoms with Gasteiger partial charge in [0.2, 0.25) is 5.89 Å². The van der Waals surface area contributed by atoms with Crippen molar-refractivity contribution in [1.82, 2.24) is 15.0 Å². The van der Waals surface area contributed by atoms with Gasteiger partial charge in [-0.3, -0.25) is 4.90 Å². The predicted octanol–water partition coefficient (Wildman–Crippen LogP) is 4.45. The van der Waals surface area contributed by atoms with Crippen LogP contribution >= 0.6 is 0 Å². The summed E-state index contributed by atoms with van der Waals surface area (Å²) in [5.74, 6) is 2.99. The summed E-state index contributed by atoms with van der Waals surface area (Å²) >= 11 is 0. The van der Waals surface area contributed by atoms with Gasteiger partial charge in [0.25, 0.3) is 0 Å². The van der Waals surface area contributed by atoms with E-state index in [2.05, 4.69) is 58.4 Å². The van der Waals surface area contributed by atoms with Gasteiger partial charge >= 0.3 is 0 Å². The molecule has 1 aliphatic rings. The molecule has 5 heteroatoms. The van der Waals surface area contributed by atoms with Gasteiger partial charge in [-0.15, -0.1) is 0 Å². The number of rotatable bonds is 8. The number of nitrogens with zero attached hydrogens (tertiary/aromatic N) is 3. The van der Waals surface area contributed by atoms with Crippen LogP contribution < -0.4 is 4.74 Å². The van der Waals surface area contributed by atoms with E-state index in [1.54, 1.807) is 0 Å². The number of benzene rings is 2. The molecule has 3 aromatic rings. The summed E-state index contributed by atoms with van der Waals surface area (Å²) in [5.41, 5.74) is 2.55.